The number of aromatic nitrogens is 1. The smallest absolute Gasteiger partial charge is 0.224 e. The Morgan fingerprint density at radius 1 is 1.35 bits per heavy atom. The molecule has 1 aliphatic carbocycles. The van der Waals surface area contributed by atoms with Gasteiger partial charge in [-0.1, -0.05) is 36.9 Å². The van der Waals surface area contributed by atoms with Crippen LogP contribution in [0.4, 0.5) is 0 Å². The van der Waals surface area contributed by atoms with Gasteiger partial charge in [-0.3, -0.25) is 4.79 Å². The topological polar surface area (TPSA) is 56.0 Å². The molecule has 1 amide bonds. The molecule has 3 nitrogen and oxygen atoms in total. The molecule has 0 bridgehead atoms. The number of primary amides is 1. The standard InChI is InChI=1S/C13H16ClN2O/c14-11-5-4-10(9-16-11)8-13(12(15)17)6-2-1-3-7-13/h4-5,8-9H,1-3,6-7H2,(H2,15,17). The fourth-order valence-electron chi connectivity index (χ4n) is 2.44. The second-order valence-electron chi connectivity index (χ2n) is 4.64. The molecule has 0 saturated heterocycles. The Kier molecular flexibility index (Phi) is 3.67. The summed E-state index contributed by atoms with van der Waals surface area (Å²) in [4.78, 5) is 15.7. The molecule has 2 rings (SSSR count). The first-order chi connectivity index (χ1) is 8.12. The lowest BCUT2D eigenvalue weighted by atomic mass is 9.70. The summed E-state index contributed by atoms with van der Waals surface area (Å²) in [5, 5.41) is 0.457. The monoisotopic (exact) mass is 251 g/mol. The predicted molar refractivity (Wildman–Crippen MR) is 67.4 cm³/mol. The van der Waals surface area contributed by atoms with Gasteiger partial charge in [0.1, 0.15) is 5.15 Å². The summed E-state index contributed by atoms with van der Waals surface area (Å²) in [6, 6.07) is 3.60. The summed E-state index contributed by atoms with van der Waals surface area (Å²) >= 11 is 5.74. The third-order valence-electron chi connectivity index (χ3n) is 3.43. The van der Waals surface area contributed by atoms with Crippen molar-refractivity contribution in [3.05, 3.63) is 35.5 Å². The van der Waals surface area contributed by atoms with Gasteiger partial charge in [-0.05, 0) is 24.5 Å². The number of nitrogens with two attached hydrogens (primary N) is 1. The maximum atomic E-state index is 11.7. The number of amides is 1. The molecule has 1 fully saturated rings. The van der Waals surface area contributed by atoms with Crippen LogP contribution in [0.3, 0.4) is 0 Å². The SMILES string of the molecule is NC(=O)C1([CH]c2ccc(Cl)nc2)CCCCC1. The van der Waals surface area contributed by atoms with Gasteiger partial charge in [-0.2, -0.15) is 0 Å². The predicted octanol–water partition coefficient (Wildman–Crippen LogP) is 2.72. The molecule has 91 valence electrons. The maximum Gasteiger partial charge on any atom is 0.224 e. The molecule has 1 aromatic heterocycles. The largest absolute Gasteiger partial charge is 0.369 e. The van der Waals surface area contributed by atoms with Crippen molar-refractivity contribution >= 4 is 17.5 Å². The van der Waals surface area contributed by atoms with Gasteiger partial charge in [0.05, 0.1) is 5.41 Å². The van der Waals surface area contributed by atoms with E-state index < -0.39 is 5.41 Å². The third-order valence-corrected chi connectivity index (χ3v) is 3.65. The number of nitrogens with zero attached hydrogens (tertiary/aromatic N) is 1. The van der Waals surface area contributed by atoms with Crippen LogP contribution in [0.15, 0.2) is 18.3 Å². The average molecular weight is 252 g/mol. The normalized spacial score (nSPS) is 18.9. The zero-order chi connectivity index (χ0) is 12.3. The van der Waals surface area contributed by atoms with Crippen molar-refractivity contribution in [2.75, 3.05) is 0 Å². The number of carbonyl (C=O) groups excluding carboxylic acids is 1. The molecule has 1 radical (unpaired) electrons. The number of hydrogen-bond donors (Lipinski definition) is 1. The van der Waals surface area contributed by atoms with E-state index in [4.69, 9.17) is 17.3 Å². The molecule has 0 aromatic carbocycles. The first-order valence-corrected chi connectivity index (χ1v) is 6.28. The van der Waals surface area contributed by atoms with E-state index in [1.54, 1.807) is 12.3 Å². The highest BCUT2D eigenvalue weighted by Gasteiger charge is 2.38. The third kappa shape index (κ3) is 2.78. The van der Waals surface area contributed by atoms with Crippen molar-refractivity contribution in [2.24, 2.45) is 11.1 Å². The molecule has 1 aliphatic rings. The molecule has 0 aliphatic heterocycles. The summed E-state index contributed by atoms with van der Waals surface area (Å²) in [5.74, 6) is -0.229. The van der Waals surface area contributed by atoms with Crippen LogP contribution in [-0.4, -0.2) is 10.9 Å². The second-order valence-corrected chi connectivity index (χ2v) is 5.03. The van der Waals surface area contributed by atoms with Gasteiger partial charge >= 0.3 is 0 Å². The van der Waals surface area contributed by atoms with E-state index in [9.17, 15) is 4.79 Å². The van der Waals surface area contributed by atoms with E-state index in [1.807, 2.05) is 12.5 Å². The molecule has 1 saturated carbocycles. The van der Waals surface area contributed by atoms with E-state index >= 15 is 0 Å². The quantitative estimate of drug-likeness (QED) is 0.840. The fourth-order valence-corrected chi connectivity index (χ4v) is 2.55. The highest BCUT2D eigenvalue weighted by atomic mass is 35.5. The summed E-state index contributed by atoms with van der Waals surface area (Å²) in [7, 11) is 0. The Morgan fingerprint density at radius 2 is 2.06 bits per heavy atom. The Balaban J connectivity index is 2.17. The summed E-state index contributed by atoms with van der Waals surface area (Å²) in [6.45, 7) is 0. The van der Waals surface area contributed by atoms with Gasteiger partial charge in [0.15, 0.2) is 0 Å². The number of rotatable bonds is 3. The molecule has 1 aromatic rings. The van der Waals surface area contributed by atoms with Crippen molar-refractivity contribution in [3.63, 3.8) is 0 Å². The Hall–Kier alpha value is -1.09. The van der Waals surface area contributed by atoms with E-state index in [-0.39, 0.29) is 5.91 Å². The van der Waals surface area contributed by atoms with Gasteiger partial charge < -0.3 is 5.73 Å². The lowest BCUT2D eigenvalue weighted by Gasteiger charge is -2.33. The molecule has 0 unspecified atom stereocenters. The van der Waals surface area contributed by atoms with Gasteiger partial charge in [0, 0.05) is 12.6 Å². The summed E-state index contributed by atoms with van der Waals surface area (Å²) in [6.07, 6.45) is 8.61. The first-order valence-electron chi connectivity index (χ1n) is 5.90. The Morgan fingerprint density at radius 3 is 2.59 bits per heavy atom. The lowest BCUT2D eigenvalue weighted by Crippen LogP contribution is -2.39. The van der Waals surface area contributed by atoms with Crippen LogP contribution in [-0.2, 0) is 4.79 Å². The molecule has 4 heteroatoms. The molecule has 0 spiro atoms. The van der Waals surface area contributed by atoms with Crippen molar-refractivity contribution < 1.29 is 4.79 Å². The Bertz CT molecular complexity index is 396. The number of carbonyl (C=O) groups is 1. The second kappa shape index (κ2) is 5.05. The lowest BCUT2D eigenvalue weighted by molar-refractivity contribution is -0.127. The molecule has 2 N–H and O–H groups in total. The van der Waals surface area contributed by atoms with Gasteiger partial charge in [0.25, 0.3) is 0 Å². The van der Waals surface area contributed by atoms with Crippen LogP contribution in [0.1, 0.15) is 37.7 Å². The number of hydrogen-bond acceptors (Lipinski definition) is 2. The van der Waals surface area contributed by atoms with E-state index in [1.165, 1.54) is 6.42 Å². The highest BCUT2D eigenvalue weighted by molar-refractivity contribution is 6.29. The average Bonchev–Trinajstić information content (AvgIpc) is 2.33. The van der Waals surface area contributed by atoms with Gasteiger partial charge in [0.2, 0.25) is 5.91 Å². The summed E-state index contributed by atoms with van der Waals surface area (Å²) in [5.41, 5.74) is 5.98. The van der Waals surface area contributed by atoms with Gasteiger partial charge in [-0.15, -0.1) is 0 Å². The minimum absolute atomic E-state index is 0.229. The van der Waals surface area contributed by atoms with Crippen molar-refractivity contribution in [3.8, 4) is 0 Å². The van der Waals surface area contributed by atoms with E-state index in [2.05, 4.69) is 4.98 Å². The number of halogens is 1. The van der Waals surface area contributed by atoms with Crippen LogP contribution in [0.5, 0.6) is 0 Å². The minimum atomic E-state index is -0.492. The first kappa shape index (κ1) is 12.4. The molecular weight excluding hydrogens is 236 g/mol. The van der Waals surface area contributed by atoms with Crippen molar-refractivity contribution in [2.45, 2.75) is 32.1 Å². The van der Waals surface area contributed by atoms with Crippen LogP contribution >= 0.6 is 11.6 Å². The maximum absolute atomic E-state index is 11.7. The molecule has 0 atom stereocenters. The molecule has 1 heterocycles. The van der Waals surface area contributed by atoms with E-state index in [0.717, 1.165) is 31.2 Å². The fraction of sp³-hybridized carbons (Fsp3) is 0.462. The number of pyridine rings is 1. The van der Waals surface area contributed by atoms with Crippen LogP contribution < -0.4 is 5.73 Å². The van der Waals surface area contributed by atoms with Crippen LogP contribution in [0.25, 0.3) is 0 Å². The van der Waals surface area contributed by atoms with E-state index in [0.29, 0.717) is 5.15 Å². The minimum Gasteiger partial charge on any atom is -0.369 e. The Labute approximate surface area is 106 Å². The van der Waals surface area contributed by atoms with Crippen LogP contribution in [0.2, 0.25) is 5.15 Å². The zero-order valence-electron chi connectivity index (χ0n) is 9.66. The molecular formula is C13H16ClN2O. The van der Waals surface area contributed by atoms with Crippen LogP contribution in [0, 0.1) is 11.8 Å². The summed E-state index contributed by atoms with van der Waals surface area (Å²) < 4.78 is 0. The van der Waals surface area contributed by atoms with Crippen molar-refractivity contribution in [1.82, 2.24) is 4.98 Å². The van der Waals surface area contributed by atoms with Crippen molar-refractivity contribution in [1.29, 1.82) is 0 Å². The van der Waals surface area contributed by atoms with Gasteiger partial charge in [-0.25, -0.2) is 4.98 Å². The molecule has 17 heavy (non-hydrogen) atoms. The highest BCUT2D eigenvalue weighted by Crippen LogP contribution is 2.40. The zero-order valence-corrected chi connectivity index (χ0v) is 10.4.